The molecular formula is C42H48FNO5Si. The molecule has 8 heteroatoms. The lowest BCUT2D eigenvalue weighted by atomic mass is 9.68. The van der Waals surface area contributed by atoms with Gasteiger partial charge in [-0.05, 0) is 81.1 Å². The molecule has 1 aliphatic heterocycles. The van der Waals surface area contributed by atoms with Crippen molar-refractivity contribution in [2.24, 2.45) is 5.41 Å². The molecule has 0 spiro atoms. The molecule has 0 saturated carbocycles. The number of aromatic hydroxyl groups is 2. The van der Waals surface area contributed by atoms with Crippen molar-refractivity contribution in [3.8, 4) is 11.8 Å². The van der Waals surface area contributed by atoms with E-state index in [4.69, 9.17) is 9.16 Å². The van der Waals surface area contributed by atoms with Gasteiger partial charge in [-0.2, -0.15) is 0 Å². The minimum absolute atomic E-state index is 0.00187. The second-order valence-corrected chi connectivity index (χ2v) is 19.7. The van der Waals surface area contributed by atoms with Crippen molar-refractivity contribution in [2.75, 3.05) is 0 Å². The lowest BCUT2D eigenvalue weighted by Gasteiger charge is -2.46. The quantitative estimate of drug-likeness (QED) is 0.143. The zero-order valence-electron chi connectivity index (χ0n) is 29.8. The van der Waals surface area contributed by atoms with Gasteiger partial charge in [0, 0.05) is 24.6 Å². The van der Waals surface area contributed by atoms with Crippen LogP contribution >= 0.6 is 0 Å². The molecule has 2 N–H and O–H groups in total. The Hall–Kier alpha value is -4.40. The summed E-state index contributed by atoms with van der Waals surface area (Å²) in [7, 11) is -2.90. The summed E-state index contributed by atoms with van der Waals surface area (Å²) in [6.07, 6.45) is 5.00. The first-order valence-electron chi connectivity index (χ1n) is 17.5. The standard InChI is InChI=1S/C42H48FNO5Si/c1-28-23-29(17-20-37(28)43)35-24-30(44-38(45)21-22-39(44)46)27-42(5,6)36(35)19-18-31-25-32(26-40(47)48-31)49-50(41(2,3)4,33-13-9-7-10-14-33)34-15-11-8-12-16-34/h7-23,30-32,45-46H,24-27H2,1-6H3/t30?,31-,32-/m1/s1. The summed E-state index contributed by atoms with van der Waals surface area (Å²) >= 11 is 0. The Balaban J connectivity index is 1.37. The SMILES string of the molecule is Cc1cc(C2=C(C=C[C@@H]3C[C@@H](O[Si](c4ccccc4)(c4ccccc4)C(C)(C)C)CC(=O)O3)C(C)(C)CC(n3c(O)ccc3O)C2)ccc1F. The van der Waals surface area contributed by atoms with Crippen molar-refractivity contribution in [3.63, 3.8) is 0 Å². The number of carbonyl (C=O) groups is 1. The van der Waals surface area contributed by atoms with Gasteiger partial charge in [0.1, 0.15) is 11.9 Å². The Labute approximate surface area is 296 Å². The van der Waals surface area contributed by atoms with Gasteiger partial charge in [0.2, 0.25) is 0 Å². The highest BCUT2D eigenvalue weighted by Crippen LogP contribution is 2.51. The number of allylic oxidation sites excluding steroid dienone is 3. The lowest BCUT2D eigenvalue weighted by Crippen LogP contribution is -2.68. The number of halogens is 1. The molecule has 2 heterocycles. The van der Waals surface area contributed by atoms with E-state index < -0.39 is 19.8 Å². The van der Waals surface area contributed by atoms with Crippen LogP contribution in [0, 0.1) is 18.2 Å². The number of aryl methyl sites for hydroxylation is 1. The first-order chi connectivity index (χ1) is 23.7. The number of nitrogens with zero attached hydrogens (tertiary/aromatic N) is 1. The van der Waals surface area contributed by atoms with Crippen molar-refractivity contribution >= 4 is 30.2 Å². The highest BCUT2D eigenvalue weighted by atomic mass is 28.4. The Morgan fingerprint density at radius 3 is 2.08 bits per heavy atom. The summed E-state index contributed by atoms with van der Waals surface area (Å²) < 4.78 is 29.3. The number of hydrogen-bond acceptors (Lipinski definition) is 5. The fraction of sp³-hybridized carbons (Fsp3) is 0.357. The third kappa shape index (κ3) is 6.83. The highest BCUT2D eigenvalue weighted by Gasteiger charge is 2.52. The van der Waals surface area contributed by atoms with E-state index in [9.17, 15) is 19.4 Å². The molecule has 6 rings (SSSR count). The highest BCUT2D eigenvalue weighted by molar-refractivity contribution is 6.99. The van der Waals surface area contributed by atoms with E-state index in [2.05, 4.69) is 89.2 Å². The molecule has 1 aromatic heterocycles. The Bertz CT molecular complexity index is 1850. The molecule has 0 bridgehead atoms. The smallest absolute Gasteiger partial charge is 0.308 e. The van der Waals surface area contributed by atoms with E-state index in [0.717, 1.165) is 27.1 Å². The van der Waals surface area contributed by atoms with Gasteiger partial charge in [0.25, 0.3) is 8.32 Å². The summed E-state index contributed by atoms with van der Waals surface area (Å²) in [4.78, 5) is 13.2. The minimum Gasteiger partial charge on any atom is -0.494 e. The van der Waals surface area contributed by atoms with Crippen LogP contribution in [0.1, 0.15) is 77.5 Å². The van der Waals surface area contributed by atoms with Gasteiger partial charge < -0.3 is 19.4 Å². The summed E-state index contributed by atoms with van der Waals surface area (Å²) in [5.74, 6) is -0.575. The number of carbonyl (C=O) groups excluding carboxylic acids is 1. The summed E-state index contributed by atoms with van der Waals surface area (Å²) in [5.41, 5.74) is 3.02. The molecule has 1 aliphatic carbocycles. The largest absolute Gasteiger partial charge is 0.494 e. The molecule has 6 nitrogen and oxygen atoms in total. The summed E-state index contributed by atoms with van der Waals surface area (Å²) in [6.45, 7) is 12.7. The van der Waals surface area contributed by atoms with Crippen LogP contribution in [0.5, 0.6) is 11.8 Å². The molecule has 4 aromatic rings. The number of aromatic nitrogens is 1. The first kappa shape index (κ1) is 35.4. The van der Waals surface area contributed by atoms with Gasteiger partial charge in [0.05, 0.1) is 12.5 Å². The molecule has 0 amide bonds. The molecule has 2 aliphatic rings. The van der Waals surface area contributed by atoms with Gasteiger partial charge in [0.15, 0.2) is 11.8 Å². The third-order valence-electron chi connectivity index (χ3n) is 10.4. The van der Waals surface area contributed by atoms with E-state index in [1.54, 1.807) is 17.6 Å². The van der Waals surface area contributed by atoms with Crippen molar-refractivity contribution in [1.82, 2.24) is 4.57 Å². The van der Waals surface area contributed by atoms with Gasteiger partial charge in [-0.1, -0.05) is 107 Å². The molecule has 0 radical (unpaired) electrons. The maximum Gasteiger partial charge on any atom is 0.308 e. The third-order valence-corrected chi connectivity index (χ3v) is 15.5. The maximum atomic E-state index is 14.4. The fourth-order valence-electron chi connectivity index (χ4n) is 8.09. The van der Waals surface area contributed by atoms with Gasteiger partial charge >= 0.3 is 5.97 Å². The van der Waals surface area contributed by atoms with Gasteiger partial charge in [-0.15, -0.1) is 0 Å². The molecule has 3 aromatic carbocycles. The first-order valence-corrected chi connectivity index (χ1v) is 19.4. The summed E-state index contributed by atoms with van der Waals surface area (Å²) in [6, 6.07) is 28.7. The van der Waals surface area contributed by atoms with Gasteiger partial charge in [-0.25, -0.2) is 4.39 Å². The average Bonchev–Trinajstić information content (AvgIpc) is 3.41. The lowest BCUT2D eigenvalue weighted by molar-refractivity contribution is -0.155. The average molecular weight is 694 g/mol. The molecule has 3 atom stereocenters. The normalized spacial score (nSPS) is 21.4. The van der Waals surface area contributed by atoms with Crippen LogP contribution in [0.3, 0.4) is 0 Å². The molecule has 1 unspecified atom stereocenters. The number of hydrogen-bond donors (Lipinski definition) is 2. The Morgan fingerprint density at radius 2 is 1.52 bits per heavy atom. The zero-order chi connectivity index (χ0) is 35.8. The van der Waals surface area contributed by atoms with E-state index in [0.29, 0.717) is 24.8 Å². The maximum absolute atomic E-state index is 14.4. The van der Waals surface area contributed by atoms with E-state index in [1.807, 2.05) is 24.3 Å². The second-order valence-electron chi connectivity index (χ2n) is 15.5. The number of benzene rings is 3. The van der Waals surface area contributed by atoms with Crippen molar-refractivity contribution in [3.05, 3.63) is 126 Å². The molecule has 50 heavy (non-hydrogen) atoms. The van der Waals surface area contributed by atoms with Crippen LogP contribution in [-0.4, -0.2) is 41.3 Å². The summed E-state index contributed by atoms with van der Waals surface area (Å²) in [5, 5.41) is 23.3. The van der Waals surface area contributed by atoms with Crippen molar-refractivity contribution < 1.29 is 28.6 Å². The van der Waals surface area contributed by atoms with E-state index in [-0.39, 0.29) is 47.2 Å². The topological polar surface area (TPSA) is 80.9 Å². The number of rotatable bonds is 8. The fourth-order valence-corrected chi connectivity index (χ4v) is 12.8. The van der Waals surface area contributed by atoms with Crippen LogP contribution in [0.4, 0.5) is 4.39 Å². The van der Waals surface area contributed by atoms with Crippen LogP contribution < -0.4 is 10.4 Å². The van der Waals surface area contributed by atoms with Gasteiger partial charge in [-0.3, -0.25) is 9.36 Å². The molecule has 262 valence electrons. The van der Waals surface area contributed by atoms with Crippen LogP contribution in [0.15, 0.2) is 109 Å². The number of ether oxygens (including phenoxy) is 1. The zero-order valence-corrected chi connectivity index (χ0v) is 30.8. The molecule has 1 saturated heterocycles. The Morgan fingerprint density at radius 1 is 0.920 bits per heavy atom. The minimum atomic E-state index is -2.90. The molecule has 1 fully saturated rings. The predicted molar refractivity (Wildman–Crippen MR) is 199 cm³/mol. The number of esters is 1. The molecular weight excluding hydrogens is 646 g/mol. The van der Waals surface area contributed by atoms with Crippen molar-refractivity contribution in [2.45, 2.75) is 90.5 Å². The monoisotopic (exact) mass is 693 g/mol. The van der Waals surface area contributed by atoms with Crippen LogP contribution in [-0.2, 0) is 14.0 Å². The Kier molecular flexibility index (Phi) is 9.72. The van der Waals surface area contributed by atoms with E-state index in [1.165, 1.54) is 18.2 Å². The van der Waals surface area contributed by atoms with Crippen molar-refractivity contribution in [1.29, 1.82) is 0 Å². The number of cyclic esters (lactones) is 1. The predicted octanol–water partition coefficient (Wildman–Crippen LogP) is 8.37. The van der Waals surface area contributed by atoms with E-state index >= 15 is 0 Å². The van der Waals surface area contributed by atoms with Crippen LogP contribution in [0.2, 0.25) is 5.04 Å². The second kappa shape index (κ2) is 13.7. The van der Waals surface area contributed by atoms with Crippen LogP contribution in [0.25, 0.3) is 5.57 Å².